The summed E-state index contributed by atoms with van der Waals surface area (Å²) in [5.41, 5.74) is 3.67. The minimum atomic E-state index is -0.674. The quantitative estimate of drug-likeness (QED) is 0.320. The van der Waals surface area contributed by atoms with Gasteiger partial charge < -0.3 is 0 Å². The van der Waals surface area contributed by atoms with Gasteiger partial charge in [-0.1, -0.05) is 42.5 Å². The number of nitrogens with one attached hydrogen (secondary N) is 1. The molecule has 0 amide bonds. The van der Waals surface area contributed by atoms with Crippen LogP contribution in [0.2, 0.25) is 0 Å². The van der Waals surface area contributed by atoms with E-state index in [2.05, 4.69) is 10.5 Å². The standard InChI is InChI=1S/C18H18N4O4/c1-2-3-5-10-16(14-8-6-4-7-9-14)19-20-17-12-11-15(21(23)24)13-18(17)22(25)26/h2-4,6-9,11-13,20H,5,10H2,1H3. The molecule has 0 unspecified atom stereocenters. The number of nitrogens with zero attached hydrogens (tertiary/aromatic N) is 3. The van der Waals surface area contributed by atoms with E-state index in [4.69, 9.17) is 0 Å². The molecule has 2 rings (SSSR count). The van der Waals surface area contributed by atoms with E-state index in [0.29, 0.717) is 6.42 Å². The SMILES string of the molecule is CC=CCCC(=NNc1ccc([N+](=O)[O-])cc1[N+](=O)[O-])c1ccccc1. The fraction of sp³-hybridized carbons (Fsp3) is 0.167. The summed E-state index contributed by atoms with van der Waals surface area (Å²) in [6.45, 7) is 1.93. The Balaban J connectivity index is 2.33. The average molecular weight is 354 g/mol. The molecule has 0 bridgehead atoms. The topological polar surface area (TPSA) is 111 Å². The molecule has 8 heteroatoms. The molecular formula is C18H18N4O4. The number of anilines is 1. The van der Waals surface area contributed by atoms with Crippen LogP contribution in [0.1, 0.15) is 25.3 Å². The molecule has 0 radical (unpaired) electrons. The van der Waals surface area contributed by atoms with Crippen molar-refractivity contribution in [2.24, 2.45) is 5.10 Å². The van der Waals surface area contributed by atoms with Gasteiger partial charge in [0.15, 0.2) is 0 Å². The molecule has 0 aliphatic rings. The Morgan fingerprint density at radius 3 is 2.46 bits per heavy atom. The van der Waals surface area contributed by atoms with Gasteiger partial charge in [0, 0.05) is 6.07 Å². The first kappa shape index (κ1) is 18.8. The first-order valence-corrected chi connectivity index (χ1v) is 7.95. The molecule has 1 N–H and O–H groups in total. The normalized spacial score (nSPS) is 11.5. The molecular weight excluding hydrogens is 336 g/mol. The van der Waals surface area contributed by atoms with Crippen LogP contribution in [-0.4, -0.2) is 15.6 Å². The summed E-state index contributed by atoms with van der Waals surface area (Å²) >= 11 is 0. The van der Waals surface area contributed by atoms with Gasteiger partial charge in [-0.3, -0.25) is 25.7 Å². The second-order valence-electron chi connectivity index (χ2n) is 5.36. The van der Waals surface area contributed by atoms with Gasteiger partial charge in [0.05, 0.1) is 21.6 Å². The van der Waals surface area contributed by atoms with Crippen LogP contribution in [-0.2, 0) is 0 Å². The number of rotatable bonds is 8. The lowest BCUT2D eigenvalue weighted by atomic mass is 10.1. The molecule has 2 aromatic rings. The smallest absolute Gasteiger partial charge is 0.271 e. The molecule has 0 saturated carbocycles. The molecule has 0 atom stereocenters. The molecule has 134 valence electrons. The molecule has 26 heavy (non-hydrogen) atoms. The molecule has 0 spiro atoms. The van der Waals surface area contributed by atoms with Crippen LogP contribution in [0, 0.1) is 20.2 Å². The van der Waals surface area contributed by atoms with Crippen molar-refractivity contribution in [2.75, 3.05) is 5.43 Å². The van der Waals surface area contributed by atoms with E-state index in [9.17, 15) is 20.2 Å². The second-order valence-corrected chi connectivity index (χ2v) is 5.36. The summed E-state index contributed by atoms with van der Waals surface area (Å²) in [7, 11) is 0. The van der Waals surface area contributed by atoms with Crippen molar-refractivity contribution in [2.45, 2.75) is 19.8 Å². The number of hydrogen-bond donors (Lipinski definition) is 1. The average Bonchev–Trinajstić information content (AvgIpc) is 2.65. The van der Waals surface area contributed by atoms with Crippen LogP contribution in [0.25, 0.3) is 0 Å². The minimum absolute atomic E-state index is 0.0973. The molecule has 0 heterocycles. The summed E-state index contributed by atoms with van der Waals surface area (Å²) in [6.07, 6.45) is 5.36. The zero-order chi connectivity index (χ0) is 18.9. The Kier molecular flexibility index (Phi) is 6.55. The number of non-ortho nitro benzene ring substituents is 1. The Labute approximate surface area is 150 Å². The summed E-state index contributed by atoms with van der Waals surface area (Å²) in [6, 6.07) is 12.9. The lowest BCUT2D eigenvalue weighted by Gasteiger charge is -2.08. The Bertz CT molecular complexity index is 848. The van der Waals surface area contributed by atoms with Gasteiger partial charge in [-0.05, 0) is 31.4 Å². The maximum atomic E-state index is 11.2. The monoisotopic (exact) mass is 354 g/mol. The first-order chi connectivity index (χ1) is 12.5. The van der Waals surface area contributed by atoms with E-state index in [-0.39, 0.29) is 11.4 Å². The van der Waals surface area contributed by atoms with Gasteiger partial charge in [0.25, 0.3) is 5.69 Å². The van der Waals surface area contributed by atoms with Crippen LogP contribution >= 0.6 is 0 Å². The second kappa shape index (κ2) is 9.07. The van der Waals surface area contributed by atoms with Crippen molar-refractivity contribution in [3.8, 4) is 0 Å². The van der Waals surface area contributed by atoms with E-state index in [0.717, 1.165) is 23.8 Å². The van der Waals surface area contributed by atoms with Gasteiger partial charge in [-0.25, -0.2) is 0 Å². The lowest BCUT2D eigenvalue weighted by Crippen LogP contribution is -2.05. The molecule has 0 aliphatic heterocycles. The zero-order valence-corrected chi connectivity index (χ0v) is 14.2. The third-order valence-electron chi connectivity index (χ3n) is 3.59. The third kappa shape index (κ3) is 4.97. The molecule has 2 aromatic carbocycles. The molecule has 0 aliphatic carbocycles. The van der Waals surface area contributed by atoms with E-state index < -0.39 is 15.5 Å². The maximum Gasteiger partial charge on any atom is 0.301 e. The van der Waals surface area contributed by atoms with Crippen LogP contribution in [0.5, 0.6) is 0 Å². The Hall–Kier alpha value is -3.55. The van der Waals surface area contributed by atoms with Crippen molar-refractivity contribution in [1.82, 2.24) is 0 Å². The highest BCUT2D eigenvalue weighted by molar-refractivity contribution is 6.01. The van der Waals surface area contributed by atoms with Crippen LogP contribution < -0.4 is 5.43 Å². The van der Waals surface area contributed by atoms with Crippen molar-refractivity contribution in [3.05, 3.63) is 86.5 Å². The Morgan fingerprint density at radius 1 is 1.12 bits per heavy atom. The molecule has 8 nitrogen and oxygen atoms in total. The van der Waals surface area contributed by atoms with Gasteiger partial charge in [0.2, 0.25) is 0 Å². The Morgan fingerprint density at radius 2 is 1.85 bits per heavy atom. The number of hydrogen-bond acceptors (Lipinski definition) is 6. The van der Waals surface area contributed by atoms with Crippen molar-refractivity contribution >= 4 is 22.8 Å². The van der Waals surface area contributed by atoms with Gasteiger partial charge in [-0.2, -0.15) is 5.10 Å². The van der Waals surface area contributed by atoms with Gasteiger partial charge >= 0.3 is 5.69 Å². The van der Waals surface area contributed by atoms with Crippen LogP contribution in [0.4, 0.5) is 17.1 Å². The summed E-state index contributed by atoms with van der Waals surface area (Å²) < 4.78 is 0. The van der Waals surface area contributed by atoms with Gasteiger partial charge in [0.1, 0.15) is 5.69 Å². The third-order valence-corrected chi connectivity index (χ3v) is 3.59. The van der Waals surface area contributed by atoms with E-state index in [1.54, 1.807) is 0 Å². The number of benzene rings is 2. The highest BCUT2D eigenvalue weighted by atomic mass is 16.6. The number of hydrazone groups is 1. The summed E-state index contributed by atoms with van der Waals surface area (Å²) in [5, 5.41) is 26.3. The first-order valence-electron chi connectivity index (χ1n) is 7.95. The van der Waals surface area contributed by atoms with E-state index in [1.807, 2.05) is 49.4 Å². The fourth-order valence-electron chi connectivity index (χ4n) is 2.29. The van der Waals surface area contributed by atoms with Crippen LogP contribution in [0.15, 0.2) is 65.8 Å². The maximum absolute atomic E-state index is 11.2. The largest absolute Gasteiger partial charge is 0.301 e. The summed E-state index contributed by atoms with van der Waals surface area (Å²) in [4.78, 5) is 20.7. The van der Waals surface area contributed by atoms with E-state index >= 15 is 0 Å². The number of allylic oxidation sites excluding steroid dienone is 2. The highest BCUT2D eigenvalue weighted by Crippen LogP contribution is 2.29. The minimum Gasteiger partial charge on any atom is -0.271 e. The lowest BCUT2D eigenvalue weighted by molar-refractivity contribution is -0.393. The molecule has 0 aromatic heterocycles. The van der Waals surface area contributed by atoms with Crippen molar-refractivity contribution in [3.63, 3.8) is 0 Å². The van der Waals surface area contributed by atoms with E-state index in [1.165, 1.54) is 12.1 Å². The number of nitro groups is 2. The predicted octanol–water partition coefficient (Wildman–Crippen LogP) is 4.68. The molecule has 0 fully saturated rings. The predicted molar refractivity (Wildman–Crippen MR) is 100 cm³/mol. The summed E-state index contributed by atoms with van der Waals surface area (Å²) in [5.74, 6) is 0. The highest BCUT2D eigenvalue weighted by Gasteiger charge is 2.19. The van der Waals surface area contributed by atoms with Crippen LogP contribution in [0.3, 0.4) is 0 Å². The van der Waals surface area contributed by atoms with Crippen molar-refractivity contribution in [1.29, 1.82) is 0 Å². The fourth-order valence-corrected chi connectivity index (χ4v) is 2.29. The molecule has 0 saturated heterocycles. The van der Waals surface area contributed by atoms with Gasteiger partial charge in [-0.15, -0.1) is 0 Å². The zero-order valence-electron chi connectivity index (χ0n) is 14.2. The van der Waals surface area contributed by atoms with Crippen molar-refractivity contribution < 1.29 is 9.85 Å². The number of nitro benzene ring substituents is 2.